The van der Waals surface area contributed by atoms with Crippen LogP contribution in [0.3, 0.4) is 0 Å². The maximum absolute atomic E-state index is 13.4. The molecule has 4 heterocycles. The van der Waals surface area contributed by atoms with Crippen LogP contribution < -0.4 is 10.6 Å². The molecule has 4 atom stereocenters. The van der Waals surface area contributed by atoms with E-state index in [4.69, 9.17) is 11.6 Å². The van der Waals surface area contributed by atoms with Gasteiger partial charge in [0.2, 0.25) is 0 Å². The Labute approximate surface area is 271 Å². The number of piperidine rings is 2. The summed E-state index contributed by atoms with van der Waals surface area (Å²) in [4.78, 5) is 3.44. The third-order valence-electron chi connectivity index (χ3n) is 9.13. The van der Waals surface area contributed by atoms with E-state index in [2.05, 4.69) is 71.8 Å². The average molecular weight is 639 g/mol. The Morgan fingerprint density at radius 2 is 1.15 bits per heavy atom. The van der Waals surface area contributed by atoms with E-state index >= 15 is 0 Å². The second kappa shape index (κ2) is 14.0. The highest BCUT2D eigenvalue weighted by molar-refractivity contribution is 6.31. The summed E-state index contributed by atoms with van der Waals surface area (Å²) in [5, 5.41) is 36.6. The van der Waals surface area contributed by atoms with Crippen molar-refractivity contribution in [2.24, 2.45) is 11.8 Å². The summed E-state index contributed by atoms with van der Waals surface area (Å²) in [6.45, 7) is 4.06. The van der Waals surface area contributed by atoms with Gasteiger partial charge in [-0.05, 0) is 130 Å². The fraction of sp³-hybridized carbons (Fsp3) is 0.353. The summed E-state index contributed by atoms with van der Waals surface area (Å²) in [6.07, 6.45) is 7.59. The third-order valence-corrected chi connectivity index (χ3v) is 9.36. The van der Waals surface area contributed by atoms with E-state index in [-0.39, 0.29) is 17.9 Å². The first kappa shape index (κ1) is 30.3. The minimum absolute atomic E-state index is 0.0414. The summed E-state index contributed by atoms with van der Waals surface area (Å²) in [5.74, 6) is 0.662. The van der Waals surface area contributed by atoms with Crippen LogP contribution in [0.5, 0.6) is 0 Å². The van der Waals surface area contributed by atoms with Crippen molar-refractivity contribution in [3.63, 3.8) is 0 Å². The molecular formula is C34H36ClFN10. The van der Waals surface area contributed by atoms with Crippen LogP contribution in [-0.4, -0.2) is 66.6 Å². The Kier molecular flexibility index (Phi) is 9.22. The molecule has 0 saturated carbocycles. The Morgan fingerprint density at radius 1 is 0.652 bits per heavy atom. The number of aromatic nitrogens is 8. The highest BCUT2D eigenvalue weighted by Gasteiger charge is 2.29. The van der Waals surface area contributed by atoms with E-state index in [9.17, 15) is 4.39 Å². The Balaban J connectivity index is 0.000000147. The van der Waals surface area contributed by atoms with E-state index < -0.39 is 0 Å². The maximum Gasteiger partial charge on any atom is 0.162 e. The average Bonchev–Trinajstić information content (AvgIpc) is 3.82. The van der Waals surface area contributed by atoms with Crippen molar-refractivity contribution in [3.8, 4) is 0 Å². The lowest BCUT2D eigenvalue weighted by molar-refractivity contribution is 0.261. The van der Waals surface area contributed by atoms with Crippen LogP contribution in [0.15, 0.2) is 85.5 Å². The lowest BCUT2D eigenvalue weighted by Crippen LogP contribution is -2.36. The first-order valence-corrected chi connectivity index (χ1v) is 16.2. The minimum Gasteiger partial charge on any atom is -0.316 e. The van der Waals surface area contributed by atoms with Crippen LogP contribution in [0.2, 0.25) is 5.02 Å². The van der Waals surface area contributed by atoms with Crippen LogP contribution in [0, 0.1) is 17.7 Å². The van der Waals surface area contributed by atoms with Crippen molar-refractivity contribution in [1.82, 2.24) is 51.0 Å². The Hall–Kier alpha value is -4.32. The summed E-state index contributed by atoms with van der Waals surface area (Å²) < 4.78 is 13.4. The van der Waals surface area contributed by atoms with Gasteiger partial charge in [0.15, 0.2) is 12.7 Å². The van der Waals surface area contributed by atoms with Crippen molar-refractivity contribution in [2.75, 3.05) is 26.2 Å². The van der Waals surface area contributed by atoms with Gasteiger partial charge < -0.3 is 10.6 Å². The van der Waals surface area contributed by atoms with Crippen LogP contribution in [0.4, 0.5) is 4.39 Å². The number of hydrogen-bond acceptors (Lipinski definition) is 8. The molecule has 10 nitrogen and oxygen atoms in total. The maximum atomic E-state index is 13.4. The number of fused-ring (bicyclic) bond motifs is 2. The number of benzene rings is 4. The normalized spacial score (nSPS) is 19.8. The van der Waals surface area contributed by atoms with Gasteiger partial charge >= 0.3 is 0 Å². The van der Waals surface area contributed by atoms with Crippen LogP contribution in [0.25, 0.3) is 21.5 Å². The van der Waals surface area contributed by atoms with Crippen molar-refractivity contribution in [3.05, 3.63) is 107 Å². The van der Waals surface area contributed by atoms with Crippen molar-refractivity contribution >= 4 is 33.1 Å². The standard InChI is InChI=1S/C17H18ClN5.C17H18FN5/c2*18-16-6-5-12-8-14(4-3-13(12)9-16)17(23-21-11-20-22-23)15-2-1-7-19-10-15/h2*3-6,8-9,11,15,17,19H,1-2,7,10H2/t15-,17-;15-,17+/m00/s1. The van der Waals surface area contributed by atoms with Gasteiger partial charge in [-0.15, -0.1) is 20.4 Å². The van der Waals surface area contributed by atoms with Gasteiger partial charge in [0.25, 0.3) is 0 Å². The zero-order chi connectivity index (χ0) is 31.3. The molecule has 0 spiro atoms. The number of tetrazole rings is 2. The largest absolute Gasteiger partial charge is 0.316 e. The molecule has 0 unspecified atom stereocenters. The first-order valence-electron chi connectivity index (χ1n) is 15.9. The molecule has 0 radical (unpaired) electrons. The van der Waals surface area contributed by atoms with Gasteiger partial charge in [0, 0.05) is 18.1 Å². The molecule has 46 heavy (non-hydrogen) atoms. The quantitative estimate of drug-likeness (QED) is 0.242. The number of halogens is 2. The van der Waals surface area contributed by atoms with Crippen molar-refractivity contribution in [2.45, 2.75) is 37.8 Å². The summed E-state index contributed by atoms with van der Waals surface area (Å²) >= 11 is 6.08. The summed E-state index contributed by atoms with van der Waals surface area (Å²) in [7, 11) is 0. The smallest absolute Gasteiger partial charge is 0.162 e. The van der Waals surface area contributed by atoms with Crippen molar-refractivity contribution < 1.29 is 4.39 Å². The van der Waals surface area contributed by atoms with Crippen molar-refractivity contribution in [1.29, 1.82) is 0 Å². The summed E-state index contributed by atoms with van der Waals surface area (Å²) in [6, 6.07) is 23.6. The number of rotatable bonds is 6. The Morgan fingerprint density at radius 3 is 1.65 bits per heavy atom. The van der Waals surface area contributed by atoms with E-state index in [1.165, 1.54) is 36.1 Å². The molecule has 0 bridgehead atoms. The van der Waals surface area contributed by atoms with Crippen LogP contribution >= 0.6 is 11.6 Å². The fourth-order valence-corrected chi connectivity index (χ4v) is 7.11. The molecule has 8 rings (SSSR count). The zero-order valence-corrected chi connectivity index (χ0v) is 26.1. The van der Waals surface area contributed by atoms with E-state index in [0.717, 1.165) is 72.2 Å². The molecule has 12 heteroatoms. The van der Waals surface area contributed by atoms with Gasteiger partial charge in [-0.3, -0.25) is 0 Å². The molecule has 0 amide bonds. The molecule has 2 aromatic heterocycles. The van der Waals surface area contributed by atoms with Crippen LogP contribution in [0.1, 0.15) is 48.9 Å². The predicted octanol–water partition coefficient (Wildman–Crippen LogP) is 5.62. The fourth-order valence-electron chi connectivity index (χ4n) is 6.93. The molecule has 2 fully saturated rings. The molecule has 2 aliphatic rings. The molecule has 6 aromatic rings. The molecule has 2 aliphatic heterocycles. The zero-order valence-electron chi connectivity index (χ0n) is 25.4. The highest BCUT2D eigenvalue weighted by Crippen LogP contribution is 2.33. The van der Waals surface area contributed by atoms with E-state index in [1.54, 1.807) is 15.7 Å². The lowest BCUT2D eigenvalue weighted by atomic mass is 9.87. The number of nitrogens with zero attached hydrogens (tertiary/aromatic N) is 8. The van der Waals surface area contributed by atoms with Gasteiger partial charge in [-0.1, -0.05) is 48.0 Å². The molecule has 236 valence electrons. The topological polar surface area (TPSA) is 111 Å². The number of hydrogen-bond donors (Lipinski definition) is 2. The lowest BCUT2D eigenvalue weighted by Gasteiger charge is -2.30. The SMILES string of the molecule is Clc1ccc2cc([C@@H]([C@H]3CCCNC3)n3ncnn3)ccc2c1.Fc1ccc2cc([C@H]([C@H]3CCCNC3)n3ncnn3)ccc2c1. The van der Waals surface area contributed by atoms with Gasteiger partial charge in [-0.25, -0.2) is 4.39 Å². The minimum atomic E-state index is -0.212. The van der Waals surface area contributed by atoms with Gasteiger partial charge in [0.1, 0.15) is 17.9 Å². The molecule has 2 saturated heterocycles. The second-order valence-electron chi connectivity index (χ2n) is 12.1. The summed E-state index contributed by atoms with van der Waals surface area (Å²) in [5.41, 5.74) is 2.35. The molecule has 0 aliphatic carbocycles. The third kappa shape index (κ3) is 6.76. The second-order valence-corrected chi connectivity index (χ2v) is 12.6. The predicted molar refractivity (Wildman–Crippen MR) is 176 cm³/mol. The van der Waals surface area contributed by atoms with Gasteiger partial charge in [-0.2, -0.15) is 9.59 Å². The molecule has 2 N–H and O–H groups in total. The van der Waals surface area contributed by atoms with E-state index in [1.807, 2.05) is 30.3 Å². The van der Waals surface area contributed by atoms with E-state index in [0.29, 0.717) is 11.8 Å². The molecule has 4 aromatic carbocycles. The molecular weight excluding hydrogens is 603 g/mol. The number of nitrogens with one attached hydrogen (secondary N) is 2. The Bertz CT molecular complexity index is 1730. The van der Waals surface area contributed by atoms with Gasteiger partial charge in [0.05, 0.1) is 0 Å². The van der Waals surface area contributed by atoms with Crippen LogP contribution in [-0.2, 0) is 0 Å². The first-order chi connectivity index (χ1) is 22.6. The highest BCUT2D eigenvalue weighted by atomic mass is 35.5. The monoisotopic (exact) mass is 638 g/mol.